The summed E-state index contributed by atoms with van der Waals surface area (Å²) in [5, 5.41) is 0. The third kappa shape index (κ3) is 4.49. The Bertz CT molecular complexity index is 176. The lowest BCUT2D eigenvalue weighted by Crippen LogP contribution is -2.55. The summed E-state index contributed by atoms with van der Waals surface area (Å²) in [4.78, 5) is 4.75. The van der Waals surface area contributed by atoms with E-state index in [1.54, 1.807) is 0 Å². The highest BCUT2D eigenvalue weighted by atomic mass is 15.1. The normalized spacial score (nSPS) is 19.6. The van der Waals surface area contributed by atoms with Gasteiger partial charge in [0.1, 0.15) is 0 Å². The first-order valence-electron chi connectivity index (χ1n) is 6.22. The monoisotopic (exact) mass is 213 g/mol. The number of nitrogens with two attached hydrogens (primary N) is 1. The zero-order chi connectivity index (χ0) is 11.3. The predicted octanol–water partition coefficient (Wildman–Crippen LogP) is 1.14. The number of likely N-dealkylation sites (N-methyl/N-ethyl adjacent to an activating group) is 1. The second kappa shape index (κ2) is 5.83. The fourth-order valence-corrected chi connectivity index (χ4v) is 2.19. The average molecular weight is 213 g/mol. The predicted molar refractivity (Wildman–Crippen MR) is 66.1 cm³/mol. The van der Waals surface area contributed by atoms with Crippen molar-refractivity contribution in [3.05, 3.63) is 0 Å². The Balaban J connectivity index is 2.17. The molecule has 0 aromatic carbocycles. The lowest BCUT2D eigenvalue weighted by Gasteiger charge is -2.42. The summed E-state index contributed by atoms with van der Waals surface area (Å²) in [6, 6.07) is 0. The molecule has 1 aliphatic carbocycles. The molecule has 0 heterocycles. The van der Waals surface area contributed by atoms with Crippen molar-refractivity contribution >= 4 is 0 Å². The molecule has 0 spiro atoms. The Kier molecular flexibility index (Phi) is 5.03. The molecular weight excluding hydrogens is 186 g/mol. The van der Waals surface area contributed by atoms with Gasteiger partial charge in [0, 0.05) is 12.1 Å². The second-order valence-electron chi connectivity index (χ2n) is 5.24. The van der Waals surface area contributed by atoms with Crippen molar-refractivity contribution in [3.63, 3.8) is 0 Å². The van der Waals surface area contributed by atoms with Crippen LogP contribution < -0.4 is 5.73 Å². The minimum atomic E-state index is 0.147. The quantitative estimate of drug-likeness (QED) is 0.688. The highest BCUT2D eigenvalue weighted by molar-refractivity contribution is 4.95. The van der Waals surface area contributed by atoms with Crippen molar-refractivity contribution in [1.82, 2.24) is 9.80 Å². The molecule has 0 aliphatic heterocycles. The number of rotatable bonds is 7. The maximum atomic E-state index is 6.26. The van der Waals surface area contributed by atoms with E-state index >= 15 is 0 Å². The summed E-state index contributed by atoms with van der Waals surface area (Å²) in [5.41, 5.74) is 6.41. The first-order valence-corrected chi connectivity index (χ1v) is 6.22. The zero-order valence-electron chi connectivity index (χ0n) is 10.6. The van der Waals surface area contributed by atoms with Gasteiger partial charge in [-0.3, -0.25) is 0 Å². The number of hydrogen-bond acceptors (Lipinski definition) is 3. The minimum absolute atomic E-state index is 0.147. The molecule has 1 saturated carbocycles. The van der Waals surface area contributed by atoms with E-state index in [9.17, 15) is 0 Å². The highest BCUT2D eigenvalue weighted by Gasteiger charge is 2.33. The maximum absolute atomic E-state index is 6.26. The molecule has 0 aromatic heterocycles. The van der Waals surface area contributed by atoms with Crippen LogP contribution in [0.15, 0.2) is 0 Å². The molecule has 1 rings (SSSR count). The van der Waals surface area contributed by atoms with Crippen LogP contribution in [0.2, 0.25) is 0 Å². The molecule has 0 atom stereocenters. The van der Waals surface area contributed by atoms with Crippen LogP contribution in [0.1, 0.15) is 32.6 Å². The van der Waals surface area contributed by atoms with E-state index in [-0.39, 0.29) is 5.54 Å². The van der Waals surface area contributed by atoms with Crippen LogP contribution >= 0.6 is 0 Å². The molecule has 1 aliphatic rings. The van der Waals surface area contributed by atoms with E-state index in [0.717, 1.165) is 13.1 Å². The Morgan fingerprint density at radius 2 is 1.87 bits per heavy atom. The van der Waals surface area contributed by atoms with E-state index in [0.29, 0.717) is 0 Å². The molecule has 2 N–H and O–H groups in total. The van der Waals surface area contributed by atoms with Gasteiger partial charge in [0.25, 0.3) is 0 Å². The van der Waals surface area contributed by atoms with Crippen molar-refractivity contribution in [2.24, 2.45) is 5.73 Å². The van der Waals surface area contributed by atoms with Crippen molar-refractivity contribution in [1.29, 1.82) is 0 Å². The third-order valence-corrected chi connectivity index (χ3v) is 3.41. The van der Waals surface area contributed by atoms with E-state index in [2.05, 4.69) is 30.8 Å². The molecule has 0 unspecified atom stereocenters. The molecule has 0 radical (unpaired) electrons. The average Bonchev–Trinajstić information content (AvgIpc) is 2.13. The summed E-state index contributed by atoms with van der Waals surface area (Å²) in [6.07, 6.45) is 5.01. The fraction of sp³-hybridized carbons (Fsp3) is 1.00. The number of hydrogen-bond donors (Lipinski definition) is 1. The first-order chi connectivity index (χ1) is 7.06. The molecule has 0 amide bonds. The Hall–Kier alpha value is -0.120. The summed E-state index contributed by atoms with van der Waals surface area (Å²) < 4.78 is 0. The SMILES string of the molecule is CCN(CCCN(C)C)CC1(N)CCC1. The Labute approximate surface area is 94.6 Å². The molecule has 1 fully saturated rings. The van der Waals surface area contributed by atoms with Crippen LogP contribution in [0.5, 0.6) is 0 Å². The second-order valence-corrected chi connectivity index (χ2v) is 5.24. The molecule has 0 aromatic rings. The van der Waals surface area contributed by atoms with Crippen molar-refractivity contribution < 1.29 is 0 Å². The Morgan fingerprint density at radius 1 is 1.20 bits per heavy atom. The van der Waals surface area contributed by atoms with E-state index in [1.807, 2.05) is 0 Å². The molecule has 0 saturated heterocycles. The smallest absolute Gasteiger partial charge is 0.0283 e. The van der Waals surface area contributed by atoms with Gasteiger partial charge in [0.2, 0.25) is 0 Å². The van der Waals surface area contributed by atoms with Crippen LogP contribution in [0.4, 0.5) is 0 Å². The van der Waals surface area contributed by atoms with Crippen molar-refractivity contribution in [2.45, 2.75) is 38.1 Å². The summed E-state index contributed by atoms with van der Waals surface area (Å²) >= 11 is 0. The van der Waals surface area contributed by atoms with Gasteiger partial charge < -0.3 is 15.5 Å². The van der Waals surface area contributed by atoms with Gasteiger partial charge in [-0.05, 0) is 59.4 Å². The van der Waals surface area contributed by atoms with Gasteiger partial charge in [0.05, 0.1) is 0 Å². The van der Waals surface area contributed by atoms with Crippen LogP contribution in [0.3, 0.4) is 0 Å². The van der Waals surface area contributed by atoms with Gasteiger partial charge in [0.15, 0.2) is 0 Å². The van der Waals surface area contributed by atoms with Crippen molar-refractivity contribution in [2.75, 3.05) is 40.3 Å². The molecule has 3 heteroatoms. The van der Waals surface area contributed by atoms with Crippen molar-refractivity contribution in [3.8, 4) is 0 Å². The topological polar surface area (TPSA) is 32.5 Å². The summed E-state index contributed by atoms with van der Waals surface area (Å²) in [5.74, 6) is 0. The standard InChI is InChI=1S/C12H27N3/c1-4-15(10-6-9-14(2)3)11-12(13)7-5-8-12/h4-11,13H2,1-3H3. The molecule has 0 bridgehead atoms. The zero-order valence-corrected chi connectivity index (χ0v) is 10.6. The van der Waals surface area contributed by atoms with Gasteiger partial charge in [-0.15, -0.1) is 0 Å². The van der Waals surface area contributed by atoms with E-state index < -0.39 is 0 Å². The first kappa shape index (κ1) is 12.9. The van der Waals surface area contributed by atoms with Crippen LogP contribution in [0.25, 0.3) is 0 Å². The lowest BCUT2D eigenvalue weighted by molar-refractivity contribution is 0.145. The molecule has 15 heavy (non-hydrogen) atoms. The number of nitrogens with zero attached hydrogens (tertiary/aromatic N) is 2. The summed E-state index contributed by atoms with van der Waals surface area (Å²) in [7, 11) is 4.26. The van der Waals surface area contributed by atoms with Crippen LogP contribution in [0, 0.1) is 0 Å². The van der Waals surface area contributed by atoms with Gasteiger partial charge >= 0.3 is 0 Å². The Morgan fingerprint density at radius 3 is 2.27 bits per heavy atom. The lowest BCUT2D eigenvalue weighted by atomic mass is 9.77. The van der Waals surface area contributed by atoms with Gasteiger partial charge in [-0.25, -0.2) is 0 Å². The van der Waals surface area contributed by atoms with Crippen LogP contribution in [-0.2, 0) is 0 Å². The minimum Gasteiger partial charge on any atom is -0.324 e. The molecular formula is C12H27N3. The molecule has 3 nitrogen and oxygen atoms in total. The van der Waals surface area contributed by atoms with Gasteiger partial charge in [-0.1, -0.05) is 6.92 Å². The van der Waals surface area contributed by atoms with E-state index in [4.69, 9.17) is 5.73 Å². The van der Waals surface area contributed by atoms with Gasteiger partial charge in [-0.2, -0.15) is 0 Å². The third-order valence-electron chi connectivity index (χ3n) is 3.41. The van der Waals surface area contributed by atoms with Crippen LogP contribution in [-0.4, -0.2) is 55.6 Å². The summed E-state index contributed by atoms with van der Waals surface area (Å²) in [6.45, 7) is 6.82. The van der Waals surface area contributed by atoms with E-state index in [1.165, 1.54) is 38.8 Å². The largest absolute Gasteiger partial charge is 0.324 e. The maximum Gasteiger partial charge on any atom is 0.0283 e. The fourth-order valence-electron chi connectivity index (χ4n) is 2.19. The molecule has 90 valence electrons. The highest BCUT2D eigenvalue weighted by Crippen LogP contribution is 2.29.